The second-order valence-electron chi connectivity index (χ2n) is 6.52. The molecule has 1 aromatic heterocycles. The van der Waals surface area contributed by atoms with Gasteiger partial charge in [-0.2, -0.15) is 5.26 Å². The van der Waals surface area contributed by atoms with Gasteiger partial charge in [-0.15, -0.1) is 0 Å². The lowest BCUT2D eigenvalue weighted by Crippen LogP contribution is -2.26. The van der Waals surface area contributed by atoms with Crippen LogP contribution in [0.15, 0.2) is 34.9 Å². The van der Waals surface area contributed by atoms with Gasteiger partial charge in [0.05, 0.1) is 0 Å². The molecule has 5 nitrogen and oxygen atoms in total. The Morgan fingerprint density at radius 1 is 1.42 bits per heavy atom. The highest BCUT2D eigenvalue weighted by atomic mass is 35.5. The summed E-state index contributed by atoms with van der Waals surface area (Å²) < 4.78 is 5.24. The number of nitriles is 1. The smallest absolute Gasteiger partial charge is 0.203 e. The monoisotopic (exact) mass is 341 g/mol. The fourth-order valence-corrected chi connectivity index (χ4v) is 4.21. The van der Waals surface area contributed by atoms with Crippen LogP contribution in [-0.2, 0) is 0 Å². The molecule has 4 rings (SSSR count). The minimum atomic E-state index is -0.0498. The molecule has 3 atom stereocenters. The Morgan fingerprint density at radius 2 is 2.29 bits per heavy atom. The number of hydrogen-bond acceptors (Lipinski definition) is 5. The molecule has 0 radical (unpaired) electrons. The summed E-state index contributed by atoms with van der Waals surface area (Å²) >= 11 is 5.98. The van der Waals surface area contributed by atoms with Crippen LogP contribution in [0.3, 0.4) is 0 Å². The molecule has 1 aromatic carbocycles. The first kappa shape index (κ1) is 15.2. The van der Waals surface area contributed by atoms with Gasteiger partial charge in [-0.3, -0.25) is 4.79 Å². The first-order chi connectivity index (χ1) is 11.7. The normalized spacial score (nSPS) is 25.0. The molecule has 2 aliphatic heterocycles. The molecule has 2 aromatic rings. The Bertz CT molecular complexity index is 826. The zero-order chi connectivity index (χ0) is 16.7. The van der Waals surface area contributed by atoms with Crippen LogP contribution in [0.25, 0.3) is 11.3 Å². The minimum Gasteiger partial charge on any atom is -0.352 e. The molecule has 2 aliphatic rings. The van der Waals surface area contributed by atoms with Crippen LogP contribution in [0, 0.1) is 17.4 Å². The highest BCUT2D eigenvalue weighted by Crippen LogP contribution is 2.43. The van der Waals surface area contributed by atoms with Crippen molar-refractivity contribution >= 4 is 17.4 Å². The third-order valence-corrected chi connectivity index (χ3v) is 5.37. The standard InChI is InChI=1S/C18H16ClN3O2/c19-13-3-1-2-11(6-13)15-9-18(24-21-15)17(23)8-12-7-14-4-5-16(12)22(14)10-20/h1-3,6,9,12,14,16H,4-5,7-8H2/t12-,14-,16+/m1/s1. The average molecular weight is 342 g/mol. The summed E-state index contributed by atoms with van der Waals surface area (Å²) in [6.45, 7) is 0. The molecule has 24 heavy (non-hydrogen) atoms. The molecule has 3 heterocycles. The minimum absolute atomic E-state index is 0.0498. The summed E-state index contributed by atoms with van der Waals surface area (Å²) in [6, 6.07) is 9.47. The van der Waals surface area contributed by atoms with E-state index in [0.717, 1.165) is 24.8 Å². The number of fused-ring (bicyclic) bond motifs is 2. The zero-order valence-electron chi connectivity index (χ0n) is 13.0. The highest BCUT2D eigenvalue weighted by Gasteiger charge is 2.46. The lowest BCUT2D eigenvalue weighted by Gasteiger charge is -2.19. The van der Waals surface area contributed by atoms with E-state index >= 15 is 0 Å². The first-order valence-electron chi connectivity index (χ1n) is 8.09. The summed E-state index contributed by atoms with van der Waals surface area (Å²) in [7, 11) is 0. The largest absolute Gasteiger partial charge is 0.352 e. The molecule has 0 aliphatic carbocycles. The van der Waals surface area contributed by atoms with Crippen LogP contribution in [0.2, 0.25) is 5.02 Å². The van der Waals surface area contributed by atoms with Gasteiger partial charge in [-0.25, -0.2) is 0 Å². The first-order valence-corrected chi connectivity index (χ1v) is 8.47. The molecule has 122 valence electrons. The number of nitrogens with zero attached hydrogens (tertiary/aromatic N) is 3. The van der Waals surface area contributed by atoms with E-state index in [0.29, 0.717) is 23.2 Å². The third-order valence-electron chi connectivity index (χ3n) is 5.13. The Morgan fingerprint density at radius 3 is 3.04 bits per heavy atom. The van der Waals surface area contributed by atoms with E-state index in [1.807, 2.05) is 17.0 Å². The summed E-state index contributed by atoms with van der Waals surface area (Å²) in [6.07, 6.45) is 5.66. The fourth-order valence-electron chi connectivity index (χ4n) is 4.02. The second kappa shape index (κ2) is 5.95. The summed E-state index contributed by atoms with van der Waals surface area (Å²) in [4.78, 5) is 14.4. The van der Waals surface area contributed by atoms with Gasteiger partial charge in [0.1, 0.15) is 5.69 Å². The second-order valence-corrected chi connectivity index (χ2v) is 6.95. The maximum atomic E-state index is 12.5. The molecule has 2 fully saturated rings. The molecule has 6 heteroatoms. The molecular formula is C18H16ClN3O2. The van der Waals surface area contributed by atoms with Crippen molar-refractivity contribution in [2.24, 2.45) is 5.92 Å². The molecule has 2 saturated heterocycles. The molecule has 0 spiro atoms. The lowest BCUT2D eigenvalue weighted by atomic mass is 9.85. The Labute approximate surface area is 144 Å². The van der Waals surface area contributed by atoms with E-state index in [1.165, 1.54) is 0 Å². The van der Waals surface area contributed by atoms with Gasteiger partial charge < -0.3 is 9.42 Å². The maximum Gasteiger partial charge on any atom is 0.203 e. The van der Waals surface area contributed by atoms with Gasteiger partial charge in [-0.1, -0.05) is 28.9 Å². The Hall–Kier alpha value is -2.32. The van der Waals surface area contributed by atoms with Gasteiger partial charge in [0.2, 0.25) is 11.5 Å². The molecular weight excluding hydrogens is 326 g/mol. The predicted molar refractivity (Wildman–Crippen MR) is 88.3 cm³/mol. The quantitative estimate of drug-likeness (QED) is 0.623. The van der Waals surface area contributed by atoms with Crippen molar-refractivity contribution in [3.8, 4) is 17.5 Å². The fraction of sp³-hybridized carbons (Fsp3) is 0.389. The van der Waals surface area contributed by atoms with Crippen LogP contribution in [0.1, 0.15) is 36.2 Å². The van der Waals surface area contributed by atoms with E-state index in [9.17, 15) is 10.1 Å². The van der Waals surface area contributed by atoms with Crippen molar-refractivity contribution < 1.29 is 9.32 Å². The van der Waals surface area contributed by atoms with Crippen molar-refractivity contribution in [1.29, 1.82) is 5.26 Å². The number of halogens is 1. The predicted octanol–water partition coefficient (Wildman–Crippen LogP) is 3.90. The van der Waals surface area contributed by atoms with Gasteiger partial charge in [-0.05, 0) is 37.3 Å². The van der Waals surface area contributed by atoms with Crippen LogP contribution in [0.5, 0.6) is 0 Å². The molecule has 0 saturated carbocycles. The van der Waals surface area contributed by atoms with Crippen molar-refractivity contribution in [3.05, 3.63) is 41.1 Å². The number of ketones is 1. The van der Waals surface area contributed by atoms with Crippen LogP contribution < -0.4 is 0 Å². The Balaban J connectivity index is 1.48. The Kier molecular flexibility index (Phi) is 3.78. The highest BCUT2D eigenvalue weighted by molar-refractivity contribution is 6.30. The van der Waals surface area contributed by atoms with E-state index < -0.39 is 0 Å². The van der Waals surface area contributed by atoms with Gasteiger partial charge in [0.15, 0.2) is 6.19 Å². The molecule has 0 amide bonds. The summed E-state index contributed by atoms with van der Waals surface area (Å²) in [5.41, 5.74) is 1.42. The SMILES string of the molecule is N#CN1[C@@H]2CC[C@H]1[C@@H](CC(=O)c1cc(-c3cccc(Cl)c3)no1)C2. The number of aromatic nitrogens is 1. The van der Waals surface area contributed by atoms with Crippen molar-refractivity contribution in [1.82, 2.24) is 10.1 Å². The zero-order valence-corrected chi connectivity index (χ0v) is 13.7. The van der Waals surface area contributed by atoms with E-state index in [-0.39, 0.29) is 23.5 Å². The lowest BCUT2D eigenvalue weighted by molar-refractivity contribution is 0.0914. The number of hydrogen-bond donors (Lipinski definition) is 0. The van der Waals surface area contributed by atoms with Crippen LogP contribution >= 0.6 is 11.6 Å². The number of carbonyl (C=O) groups excluding carboxylic acids is 1. The van der Waals surface area contributed by atoms with Crippen LogP contribution in [0.4, 0.5) is 0 Å². The number of Topliss-reactive ketones (excluding diaryl/α,β-unsaturated/α-hetero) is 1. The van der Waals surface area contributed by atoms with Gasteiger partial charge in [0.25, 0.3) is 0 Å². The molecule has 0 unspecified atom stereocenters. The van der Waals surface area contributed by atoms with Gasteiger partial charge in [0, 0.05) is 35.2 Å². The molecule has 2 bridgehead atoms. The maximum absolute atomic E-state index is 12.5. The summed E-state index contributed by atoms with van der Waals surface area (Å²) in [5.74, 6) is 0.457. The topological polar surface area (TPSA) is 70.1 Å². The van der Waals surface area contributed by atoms with Gasteiger partial charge >= 0.3 is 0 Å². The van der Waals surface area contributed by atoms with Crippen molar-refractivity contribution in [2.45, 2.75) is 37.8 Å². The van der Waals surface area contributed by atoms with Crippen molar-refractivity contribution in [3.63, 3.8) is 0 Å². The number of rotatable bonds is 4. The number of carbonyl (C=O) groups is 1. The van der Waals surface area contributed by atoms with E-state index in [1.54, 1.807) is 18.2 Å². The average Bonchev–Trinajstić information content (AvgIpc) is 3.28. The molecule has 0 N–H and O–H groups in total. The van der Waals surface area contributed by atoms with E-state index in [4.69, 9.17) is 16.1 Å². The summed E-state index contributed by atoms with van der Waals surface area (Å²) in [5, 5.41) is 13.8. The van der Waals surface area contributed by atoms with Crippen molar-refractivity contribution in [2.75, 3.05) is 0 Å². The van der Waals surface area contributed by atoms with Crippen LogP contribution in [-0.4, -0.2) is 27.9 Å². The van der Waals surface area contributed by atoms with E-state index in [2.05, 4.69) is 11.3 Å². The third kappa shape index (κ3) is 2.57. The number of benzene rings is 1.